The van der Waals surface area contributed by atoms with Crippen molar-refractivity contribution < 1.29 is 4.79 Å². The van der Waals surface area contributed by atoms with Crippen molar-refractivity contribution in [3.05, 3.63) is 95.7 Å². The molecule has 0 unspecified atom stereocenters. The molecule has 6 rings (SSSR count). The number of hydrogen-bond donors (Lipinski definition) is 0. The van der Waals surface area contributed by atoms with Gasteiger partial charge in [0, 0.05) is 30.4 Å². The number of benzene rings is 3. The van der Waals surface area contributed by atoms with Gasteiger partial charge in [0.05, 0.1) is 15.9 Å². The number of likely N-dealkylation sites (tertiary alicyclic amines) is 1. The Bertz CT molecular complexity index is 1460. The van der Waals surface area contributed by atoms with Gasteiger partial charge < -0.3 is 4.90 Å². The predicted octanol–water partition coefficient (Wildman–Crippen LogP) is 6.62. The highest BCUT2D eigenvalue weighted by molar-refractivity contribution is 7.23. The Hall–Kier alpha value is -3.44. The van der Waals surface area contributed by atoms with E-state index in [1.54, 1.807) is 11.3 Å². The van der Waals surface area contributed by atoms with Crippen LogP contribution < -0.4 is 0 Å². The number of aromatic nitrogens is 2. The summed E-state index contributed by atoms with van der Waals surface area (Å²) in [7, 11) is 0. The Morgan fingerprint density at radius 2 is 1.76 bits per heavy atom. The molecule has 3 heterocycles. The zero-order valence-corrected chi connectivity index (χ0v) is 20.1. The maximum absolute atomic E-state index is 13.2. The molecule has 1 saturated heterocycles. The molecular weight excluding hydrogens is 438 g/mol. The minimum absolute atomic E-state index is 0.145. The normalized spacial score (nSPS) is 14.8. The number of carbonyl (C=O) groups excluding carboxylic acids is 1. The maximum Gasteiger partial charge on any atom is 0.253 e. The molecule has 0 atom stereocenters. The van der Waals surface area contributed by atoms with Crippen LogP contribution in [0.15, 0.2) is 79.0 Å². The van der Waals surface area contributed by atoms with Gasteiger partial charge in [-0.25, -0.2) is 4.98 Å². The van der Waals surface area contributed by atoms with Crippen molar-refractivity contribution in [3.8, 4) is 11.3 Å². The number of piperidine rings is 1. The first kappa shape index (κ1) is 21.1. The second-order valence-electron chi connectivity index (χ2n) is 9.35. The van der Waals surface area contributed by atoms with Gasteiger partial charge in [0.2, 0.25) is 0 Å². The number of amides is 1. The molecule has 5 aromatic rings. The number of imidazole rings is 1. The summed E-state index contributed by atoms with van der Waals surface area (Å²) in [6, 6.07) is 25.2. The van der Waals surface area contributed by atoms with E-state index < -0.39 is 0 Å². The number of fused-ring (bicyclic) bond motifs is 3. The van der Waals surface area contributed by atoms with Crippen LogP contribution in [0.25, 0.3) is 26.4 Å². The first-order valence-electron chi connectivity index (χ1n) is 12.0. The lowest BCUT2D eigenvalue weighted by molar-refractivity contribution is 0.0691. The van der Waals surface area contributed by atoms with E-state index in [0.29, 0.717) is 5.92 Å². The van der Waals surface area contributed by atoms with Gasteiger partial charge >= 0.3 is 0 Å². The molecule has 0 N–H and O–H groups in total. The smallest absolute Gasteiger partial charge is 0.253 e. The Kier molecular flexibility index (Phi) is 5.42. The topological polar surface area (TPSA) is 37.6 Å². The third-order valence-corrected chi connectivity index (χ3v) is 7.97. The lowest BCUT2D eigenvalue weighted by atomic mass is 9.90. The number of hydrogen-bond acceptors (Lipinski definition) is 3. The van der Waals surface area contributed by atoms with Gasteiger partial charge in [0.15, 0.2) is 4.96 Å². The van der Waals surface area contributed by atoms with E-state index in [-0.39, 0.29) is 5.91 Å². The average molecular weight is 466 g/mol. The number of aryl methyl sites for hydroxylation is 1. The molecule has 0 aliphatic carbocycles. The number of thiazole rings is 1. The minimum Gasteiger partial charge on any atom is -0.339 e. The van der Waals surface area contributed by atoms with Crippen LogP contribution in [0.3, 0.4) is 0 Å². The van der Waals surface area contributed by atoms with E-state index in [4.69, 9.17) is 4.98 Å². The molecule has 1 aliphatic heterocycles. The fourth-order valence-corrected chi connectivity index (χ4v) is 6.01. The molecule has 2 aromatic heterocycles. The minimum atomic E-state index is 0.145. The summed E-state index contributed by atoms with van der Waals surface area (Å²) in [5, 5.41) is 0. The molecular formula is C29H27N3OS. The standard InChI is InChI=1S/C29H27N3OS/c1-20-7-9-23(10-8-20)25-19-32-26-12-11-24(18-27(26)34-29(32)30-25)28(33)31-15-13-22(14-16-31)17-21-5-3-2-4-6-21/h2-12,18-19,22H,13-17H2,1H3. The summed E-state index contributed by atoms with van der Waals surface area (Å²) in [5.41, 5.74) is 6.61. The molecule has 0 saturated carbocycles. The van der Waals surface area contributed by atoms with Crippen LogP contribution in [0.4, 0.5) is 0 Å². The van der Waals surface area contributed by atoms with Gasteiger partial charge in [-0.05, 0) is 55.9 Å². The van der Waals surface area contributed by atoms with Crippen LogP contribution in [-0.4, -0.2) is 33.3 Å². The summed E-state index contributed by atoms with van der Waals surface area (Å²) in [4.78, 5) is 21.1. The SMILES string of the molecule is Cc1ccc(-c2cn3c(n2)sc2cc(C(=O)N4CCC(Cc5ccccc5)CC4)ccc23)cc1. The highest BCUT2D eigenvalue weighted by Gasteiger charge is 2.24. The summed E-state index contributed by atoms with van der Waals surface area (Å²) in [6.07, 6.45) is 5.33. The van der Waals surface area contributed by atoms with Gasteiger partial charge in [-0.1, -0.05) is 71.5 Å². The summed E-state index contributed by atoms with van der Waals surface area (Å²) in [5.74, 6) is 0.799. The molecule has 0 radical (unpaired) electrons. The molecule has 1 fully saturated rings. The molecule has 1 aliphatic rings. The summed E-state index contributed by atoms with van der Waals surface area (Å²) in [6.45, 7) is 3.76. The fraction of sp³-hybridized carbons (Fsp3) is 0.241. The van der Waals surface area contributed by atoms with Crippen LogP contribution in [-0.2, 0) is 6.42 Å². The summed E-state index contributed by atoms with van der Waals surface area (Å²) < 4.78 is 3.24. The fourth-order valence-electron chi connectivity index (χ4n) is 4.97. The van der Waals surface area contributed by atoms with Gasteiger partial charge in [-0.2, -0.15) is 0 Å². The van der Waals surface area contributed by atoms with Crippen LogP contribution in [0.5, 0.6) is 0 Å². The van der Waals surface area contributed by atoms with E-state index in [2.05, 4.69) is 78.2 Å². The Labute approximate surface area is 203 Å². The van der Waals surface area contributed by atoms with Crippen LogP contribution in [0.1, 0.15) is 34.3 Å². The third-order valence-electron chi connectivity index (χ3n) is 6.96. The lowest BCUT2D eigenvalue weighted by Crippen LogP contribution is -2.38. The van der Waals surface area contributed by atoms with Crippen molar-refractivity contribution in [3.63, 3.8) is 0 Å². The van der Waals surface area contributed by atoms with E-state index >= 15 is 0 Å². The van der Waals surface area contributed by atoms with Crippen LogP contribution in [0.2, 0.25) is 0 Å². The highest BCUT2D eigenvalue weighted by atomic mass is 32.1. The molecule has 4 nitrogen and oxygen atoms in total. The number of nitrogens with zero attached hydrogens (tertiary/aromatic N) is 3. The van der Waals surface area contributed by atoms with Crippen molar-refractivity contribution >= 4 is 32.4 Å². The molecule has 34 heavy (non-hydrogen) atoms. The van der Waals surface area contributed by atoms with Crippen molar-refractivity contribution in [1.82, 2.24) is 14.3 Å². The van der Waals surface area contributed by atoms with Gasteiger partial charge in [-0.15, -0.1) is 0 Å². The van der Waals surface area contributed by atoms with Crippen molar-refractivity contribution in [1.29, 1.82) is 0 Å². The first-order valence-corrected chi connectivity index (χ1v) is 12.8. The third kappa shape index (κ3) is 4.01. The number of rotatable bonds is 4. The van der Waals surface area contributed by atoms with Gasteiger partial charge in [0.25, 0.3) is 5.91 Å². The molecule has 3 aromatic carbocycles. The second-order valence-corrected chi connectivity index (χ2v) is 10.4. The predicted molar refractivity (Wildman–Crippen MR) is 140 cm³/mol. The lowest BCUT2D eigenvalue weighted by Gasteiger charge is -2.32. The zero-order valence-electron chi connectivity index (χ0n) is 19.3. The molecule has 1 amide bonds. The van der Waals surface area contributed by atoms with Crippen molar-refractivity contribution in [2.24, 2.45) is 5.92 Å². The van der Waals surface area contributed by atoms with Crippen molar-refractivity contribution in [2.45, 2.75) is 26.2 Å². The number of carbonyl (C=O) groups is 1. The molecule has 0 spiro atoms. The van der Waals surface area contributed by atoms with Gasteiger partial charge in [-0.3, -0.25) is 9.20 Å². The van der Waals surface area contributed by atoms with E-state index in [0.717, 1.165) is 64.4 Å². The quantitative estimate of drug-likeness (QED) is 0.299. The van der Waals surface area contributed by atoms with Crippen LogP contribution >= 0.6 is 11.3 Å². The second kappa shape index (κ2) is 8.73. The Morgan fingerprint density at radius 1 is 1.00 bits per heavy atom. The Balaban J connectivity index is 1.17. The molecule has 0 bridgehead atoms. The summed E-state index contributed by atoms with van der Waals surface area (Å²) >= 11 is 1.64. The highest BCUT2D eigenvalue weighted by Crippen LogP contribution is 2.31. The van der Waals surface area contributed by atoms with Crippen LogP contribution in [0, 0.1) is 12.8 Å². The maximum atomic E-state index is 13.2. The van der Waals surface area contributed by atoms with Crippen molar-refractivity contribution in [2.75, 3.05) is 13.1 Å². The molecule has 170 valence electrons. The monoisotopic (exact) mass is 465 g/mol. The zero-order chi connectivity index (χ0) is 23.1. The molecule has 5 heteroatoms. The Morgan fingerprint density at radius 3 is 2.53 bits per heavy atom. The van der Waals surface area contributed by atoms with E-state index in [1.165, 1.54) is 11.1 Å². The first-order chi connectivity index (χ1) is 16.6. The van der Waals surface area contributed by atoms with Gasteiger partial charge in [0.1, 0.15) is 0 Å². The largest absolute Gasteiger partial charge is 0.339 e. The van der Waals surface area contributed by atoms with E-state index in [1.807, 2.05) is 17.0 Å². The van der Waals surface area contributed by atoms with E-state index in [9.17, 15) is 4.79 Å². The average Bonchev–Trinajstić information content (AvgIpc) is 3.43.